The monoisotopic (exact) mass is 271 g/mol. The second-order valence-electron chi connectivity index (χ2n) is 4.55. The molecule has 0 radical (unpaired) electrons. The molecule has 19 heavy (non-hydrogen) atoms. The molecule has 0 saturated carbocycles. The van der Waals surface area contributed by atoms with Crippen LogP contribution in [0.4, 0.5) is 0 Å². The molecule has 2 rings (SSSR count). The molecule has 1 aliphatic heterocycles. The molecule has 1 fully saturated rings. The zero-order valence-electron chi connectivity index (χ0n) is 10.6. The lowest BCUT2D eigenvalue weighted by Crippen LogP contribution is -2.35. The van der Waals surface area contributed by atoms with Crippen LogP contribution < -0.4 is 11.2 Å². The number of aromatic nitrogens is 2. The summed E-state index contributed by atoms with van der Waals surface area (Å²) in [4.78, 5) is 30.7. The third-order valence-electron chi connectivity index (χ3n) is 2.98. The largest absolute Gasteiger partial charge is 0.394 e. The molecular weight excluding hydrogens is 254 g/mol. The van der Waals surface area contributed by atoms with Crippen LogP contribution in [0.25, 0.3) is 0 Å². The average Bonchev–Trinajstić information content (AvgIpc) is 2.82. The Labute approximate surface area is 108 Å². The number of aliphatic hydroxyl groups excluding tert-OH is 2. The van der Waals surface area contributed by atoms with Gasteiger partial charge in [0.15, 0.2) is 6.23 Å². The van der Waals surface area contributed by atoms with E-state index in [1.54, 1.807) is 6.92 Å². The maximum atomic E-state index is 11.7. The van der Waals surface area contributed by atoms with Crippen molar-refractivity contribution in [1.29, 1.82) is 0 Å². The quantitative estimate of drug-likeness (QED) is 0.604. The number of aryl methyl sites for hydroxylation is 1. The summed E-state index contributed by atoms with van der Waals surface area (Å²) in [7, 11) is 0. The number of hydrogen-bond acceptors (Lipinski definition) is 6. The lowest BCUT2D eigenvalue weighted by atomic mass is 10.3. The Kier molecular flexibility index (Phi) is 4.15. The van der Waals surface area contributed by atoms with Crippen molar-refractivity contribution < 1.29 is 15.1 Å². The Balaban J connectivity index is 2.11. The molecule has 1 aromatic rings. The van der Waals surface area contributed by atoms with Crippen LogP contribution in [-0.4, -0.2) is 50.6 Å². The van der Waals surface area contributed by atoms with Gasteiger partial charge in [-0.2, -0.15) is 5.06 Å². The fourth-order valence-corrected chi connectivity index (χ4v) is 1.95. The van der Waals surface area contributed by atoms with Gasteiger partial charge < -0.3 is 10.2 Å². The summed E-state index contributed by atoms with van der Waals surface area (Å²) < 4.78 is 1.32. The molecule has 8 nitrogen and oxygen atoms in total. The van der Waals surface area contributed by atoms with Crippen LogP contribution in [0.5, 0.6) is 0 Å². The maximum Gasteiger partial charge on any atom is 0.330 e. The van der Waals surface area contributed by atoms with Gasteiger partial charge in [-0.3, -0.25) is 19.2 Å². The first-order valence-electron chi connectivity index (χ1n) is 6.04. The minimum atomic E-state index is -0.882. The highest BCUT2D eigenvalue weighted by atomic mass is 16.7. The van der Waals surface area contributed by atoms with Crippen LogP contribution in [-0.2, 0) is 4.84 Å². The number of H-pyrrole nitrogens is 1. The van der Waals surface area contributed by atoms with E-state index in [0.29, 0.717) is 18.5 Å². The standard InChI is InChI=1S/C11H17N3O5/c1-7-4-14(11(18)12-10(7)17)9-2-3-13(19-9)5-8(16)6-15/h4,8-9,15-16H,2-3,5-6H2,1H3,(H,12,17,18)/t8-,9?/m0/s1. The van der Waals surface area contributed by atoms with Gasteiger partial charge in [-0.1, -0.05) is 0 Å². The summed E-state index contributed by atoms with van der Waals surface area (Å²) in [6, 6.07) is 0. The molecule has 0 aliphatic carbocycles. The molecule has 3 N–H and O–H groups in total. The molecular formula is C11H17N3O5. The molecule has 2 heterocycles. The van der Waals surface area contributed by atoms with Gasteiger partial charge in [0.05, 0.1) is 19.3 Å². The van der Waals surface area contributed by atoms with Crippen molar-refractivity contribution in [1.82, 2.24) is 14.6 Å². The van der Waals surface area contributed by atoms with Crippen LogP contribution in [0.3, 0.4) is 0 Å². The number of hydrogen-bond donors (Lipinski definition) is 3. The van der Waals surface area contributed by atoms with Crippen molar-refractivity contribution in [3.05, 3.63) is 32.6 Å². The number of rotatable bonds is 4. The highest BCUT2D eigenvalue weighted by Gasteiger charge is 2.27. The highest BCUT2D eigenvalue weighted by molar-refractivity contribution is 5.01. The molecule has 8 heteroatoms. The first-order valence-corrected chi connectivity index (χ1v) is 6.04. The molecule has 0 amide bonds. The number of hydroxylamine groups is 2. The van der Waals surface area contributed by atoms with Crippen LogP contribution >= 0.6 is 0 Å². The van der Waals surface area contributed by atoms with Gasteiger partial charge in [0, 0.05) is 24.7 Å². The van der Waals surface area contributed by atoms with Gasteiger partial charge in [0.25, 0.3) is 5.56 Å². The van der Waals surface area contributed by atoms with E-state index in [2.05, 4.69) is 4.98 Å². The van der Waals surface area contributed by atoms with Crippen molar-refractivity contribution in [2.75, 3.05) is 19.7 Å². The van der Waals surface area contributed by atoms with Crippen LogP contribution in [0.15, 0.2) is 15.8 Å². The van der Waals surface area contributed by atoms with Gasteiger partial charge in [-0.05, 0) is 6.92 Å². The minimum Gasteiger partial charge on any atom is -0.394 e. The smallest absolute Gasteiger partial charge is 0.330 e. The Morgan fingerprint density at radius 3 is 3.00 bits per heavy atom. The van der Waals surface area contributed by atoms with Crippen LogP contribution in [0.2, 0.25) is 0 Å². The Hall–Kier alpha value is -1.48. The van der Waals surface area contributed by atoms with Gasteiger partial charge in [0.2, 0.25) is 0 Å². The Morgan fingerprint density at radius 2 is 2.32 bits per heavy atom. The molecule has 0 spiro atoms. The van der Waals surface area contributed by atoms with Crippen LogP contribution in [0, 0.1) is 6.92 Å². The van der Waals surface area contributed by atoms with E-state index in [-0.39, 0.29) is 13.2 Å². The maximum absolute atomic E-state index is 11.7. The molecule has 0 bridgehead atoms. The Morgan fingerprint density at radius 1 is 1.58 bits per heavy atom. The topological polar surface area (TPSA) is 108 Å². The summed E-state index contributed by atoms with van der Waals surface area (Å²) in [5, 5.41) is 19.6. The van der Waals surface area contributed by atoms with Gasteiger partial charge >= 0.3 is 5.69 Å². The zero-order chi connectivity index (χ0) is 14.0. The molecule has 106 valence electrons. The number of aromatic amines is 1. The molecule has 0 aromatic carbocycles. The van der Waals surface area contributed by atoms with Crippen molar-refractivity contribution in [2.45, 2.75) is 25.7 Å². The van der Waals surface area contributed by atoms with E-state index in [1.165, 1.54) is 15.8 Å². The van der Waals surface area contributed by atoms with E-state index in [0.717, 1.165) is 0 Å². The normalized spacial score (nSPS) is 21.7. The molecule has 2 atom stereocenters. The first kappa shape index (κ1) is 13.9. The highest BCUT2D eigenvalue weighted by Crippen LogP contribution is 2.21. The summed E-state index contributed by atoms with van der Waals surface area (Å²) in [5.74, 6) is 0. The number of nitrogens with zero attached hydrogens (tertiary/aromatic N) is 2. The first-order chi connectivity index (χ1) is 9.01. The van der Waals surface area contributed by atoms with E-state index < -0.39 is 23.6 Å². The van der Waals surface area contributed by atoms with Crippen molar-refractivity contribution in [3.8, 4) is 0 Å². The third-order valence-corrected chi connectivity index (χ3v) is 2.98. The molecule has 1 saturated heterocycles. The summed E-state index contributed by atoms with van der Waals surface area (Å²) in [6.07, 6.45) is 0.628. The van der Waals surface area contributed by atoms with Gasteiger partial charge in [-0.15, -0.1) is 0 Å². The minimum absolute atomic E-state index is 0.171. The number of aliphatic hydroxyl groups is 2. The van der Waals surface area contributed by atoms with E-state index in [4.69, 9.17) is 9.94 Å². The molecule has 1 unspecified atom stereocenters. The van der Waals surface area contributed by atoms with Crippen LogP contribution in [0.1, 0.15) is 18.2 Å². The van der Waals surface area contributed by atoms with Crippen molar-refractivity contribution in [2.24, 2.45) is 0 Å². The van der Waals surface area contributed by atoms with Crippen molar-refractivity contribution >= 4 is 0 Å². The lowest BCUT2D eigenvalue weighted by molar-refractivity contribution is -0.184. The second-order valence-corrected chi connectivity index (χ2v) is 4.55. The molecule has 1 aliphatic rings. The third kappa shape index (κ3) is 3.10. The predicted molar refractivity (Wildman–Crippen MR) is 65.5 cm³/mol. The fourth-order valence-electron chi connectivity index (χ4n) is 1.95. The molecule has 1 aromatic heterocycles. The summed E-state index contributed by atoms with van der Waals surface area (Å²) in [5.41, 5.74) is -0.506. The summed E-state index contributed by atoms with van der Waals surface area (Å²) in [6.45, 7) is 1.97. The SMILES string of the molecule is Cc1cn(C2CCN(C[C@H](O)CO)O2)c(=O)[nH]c1=O. The zero-order valence-corrected chi connectivity index (χ0v) is 10.6. The van der Waals surface area contributed by atoms with Gasteiger partial charge in [0.1, 0.15) is 0 Å². The number of nitrogens with one attached hydrogen (secondary N) is 1. The van der Waals surface area contributed by atoms with E-state index >= 15 is 0 Å². The van der Waals surface area contributed by atoms with Crippen molar-refractivity contribution in [3.63, 3.8) is 0 Å². The predicted octanol–water partition coefficient (Wildman–Crippen LogP) is -1.67. The fraction of sp³-hybridized carbons (Fsp3) is 0.636. The lowest BCUT2D eigenvalue weighted by Gasteiger charge is -2.19. The van der Waals surface area contributed by atoms with E-state index in [1.807, 2.05) is 0 Å². The average molecular weight is 271 g/mol. The van der Waals surface area contributed by atoms with Gasteiger partial charge in [-0.25, -0.2) is 4.79 Å². The Bertz CT molecular complexity index is 552. The summed E-state index contributed by atoms with van der Waals surface area (Å²) >= 11 is 0. The number of β-amino-alcohol motifs (C(OH)–C–C–N with tert-alkyl or cyclic N) is 1. The second kappa shape index (κ2) is 5.66. The van der Waals surface area contributed by atoms with E-state index in [9.17, 15) is 14.7 Å².